The minimum atomic E-state index is -4.49. The van der Waals surface area contributed by atoms with E-state index in [0.717, 1.165) is 12.8 Å². The van der Waals surface area contributed by atoms with Crippen molar-refractivity contribution in [1.29, 1.82) is 0 Å². The van der Waals surface area contributed by atoms with Gasteiger partial charge in [0.2, 0.25) is 0 Å². The van der Waals surface area contributed by atoms with Crippen LogP contribution in [0.5, 0.6) is 0 Å². The highest BCUT2D eigenvalue weighted by Crippen LogP contribution is 2.30. The molecule has 0 bridgehead atoms. The number of phosphoric acid groups is 1. The van der Waals surface area contributed by atoms with Crippen LogP contribution in [0.2, 0.25) is 0 Å². The summed E-state index contributed by atoms with van der Waals surface area (Å²) in [6, 6.07) is 0. The van der Waals surface area contributed by atoms with Gasteiger partial charge in [-0.05, 0) is 6.42 Å². The van der Waals surface area contributed by atoms with E-state index in [9.17, 15) is 9.46 Å². The molecule has 112 valence electrons. The molecule has 5 nitrogen and oxygen atoms in total. The number of hydrogen-bond acceptors (Lipinski definition) is 3. The monoisotopic (exact) mass is 283 g/mol. The summed E-state index contributed by atoms with van der Waals surface area (Å²) < 4.78 is 14.5. The van der Waals surface area contributed by atoms with Gasteiger partial charge in [-0.3, -0.25) is 4.57 Å². The summed E-state index contributed by atoms with van der Waals surface area (Å²) in [5.74, 6) is 0. The smallest absolute Gasteiger partial charge is 0.265 e. The Morgan fingerprint density at radius 2 is 1.33 bits per heavy atom. The molecule has 5 N–H and O–H groups in total. The van der Waals surface area contributed by atoms with E-state index < -0.39 is 7.82 Å². The Morgan fingerprint density at radius 3 is 1.72 bits per heavy atom. The fraction of sp³-hybridized carbons (Fsp3) is 1.00. The molecule has 0 aromatic carbocycles. The molecule has 0 aromatic heterocycles. The lowest BCUT2D eigenvalue weighted by molar-refractivity contribution is -0.219. The lowest BCUT2D eigenvalue weighted by Gasteiger charge is -2.14. The van der Waals surface area contributed by atoms with Gasteiger partial charge in [0.25, 0.3) is 7.82 Å². The van der Waals surface area contributed by atoms with Crippen molar-refractivity contribution < 1.29 is 18.9 Å². The summed E-state index contributed by atoms with van der Waals surface area (Å²) in [5.41, 5.74) is 0. The number of hydrogen-bond donors (Lipinski definition) is 2. The van der Waals surface area contributed by atoms with Crippen molar-refractivity contribution in [2.45, 2.75) is 71.1 Å². The standard InChI is InChI=1S/C12H27O4P.H3N/c1-2-3-4-5-6-7-8-9-10-11-12-16-17(13,14)15;/h2-12H2,1H3,(H2,13,14,15);1H3. The van der Waals surface area contributed by atoms with Crippen LogP contribution in [-0.2, 0) is 9.09 Å². The van der Waals surface area contributed by atoms with Crippen molar-refractivity contribution >= 4 is 7.82 Å². The molecule has 0 spiro atoms. The fourth-order valence-electron chi connectivity index (χ4n) is 1.77. The normalized spacial score (nSPS) is 13.9. The van der Waals surface area contributed by atoms with Gasteiger partial charge in [-0.15, -0.1) is 0 Å². The van der Waals surface area contributed by atoms with Gasteiger partial charge in [0.1, 0.15) is 0 Å². The highest BCUT2D eigenvalue weighted by molar-refractivity contribution is 7.44. The number of unbranched alkanes of at least 4 members (excludes halogenated alkanes) is 9. The van der Waals surface area contributed by atoms with Crippen molar-refractivity contribution in [1.82, 2.24) is 6.15 Å². The van der Waals surface area contributed by atoms with Gasteiger partial charge >= 0.3 is 0 Å². The molecule has 1 unspecified atom stereocenters. The van der Waals surface area contributed by atoms with Crippen molar-refractivity contribution in [3.63, 3.8) is 0 Å². The van der Waals surface area contributed by atoms with Crippen LogP contribution in [0.4, 0.5) is 0 Å². The average Bonchev–Trinajstić information content (AvgIpc) is 2.24. The lowest BCUT2D eigenvalue weighted by Crippen LogP contribution is -2.04. The zero-order chi connectivity index (χ0) is 13.0. The van der Waals surface area contributed by atoms with E-state index in [4.69, 9.17) is 4.89 Å². The second-order valence-electron chi connectivity index (χ2n) is 4.48. The highest BCUT2D eigenvalue weighted by Gasteiger charge is 2.00. The van der Waals surface area contributed by atoms with Gasteiger partial charge in [-0.1, -0.05) is 64.7 Å². The maximum absolute atomic E-state index is 10.3. The van der Waals surface area contributed by atoms with Crippen molar-refractivity contribution in [2.75, 3.05) is 6.61 Å². The molecule has 0 aliphatic heterocycles. The third-order valence-corrected chi connectivity index (χ3v) is 3.26. The molecule has 0 radical (unpaired) electrons. The van der Waals surface area contributed by atoms with Gasteiger partial charge < -0.3 is 20.5 Å². The van der Waals surface area contributed by atoms with Gasteiger partial charge in [-0.2, -0.15) is 0 Å². The first-order valence-corrected chi connectivity index (χ1v) is 8.24. The summed E-state index contributed by atoms with van der Waals surface area (Å²) >= 11 is 0. The molecule has 1 atom stereocenters. The van der Waals surface area contributed by atoms with E-state index in [1.165, 1.54) is 44.9 Å². The highest BCUT2D eigenvalue weighted by atomic mass is 31.2. The predicted octanol–water partition coefficient (Wildman–Crippen LogP) is 3.76. The molecule has 6 heteroatoms. The molecule has 18 heavy (non-hydrogen) atoms. The second kappa shape index (κ2) is 13.5. The fourth-order valence-corrected chi connectivity index (χ4v) is 2.13. The van der Waals surface area contributed by atoms with Crippen LogP contribution in [-0.4, -0.2) is 11.5 Å². The van der Waals surface area contributed by atoms with Gasteiger partial charge in [0, 0.05) is 0 Å². The number of quaternary nitrogens is 1. The van der Waals surface area contributed by atoms with Crippen LogP contribution in [0, 0.1) is 0 Å². The van der Waals surface area contributed by atoms with Crippen LogP contribution >= 0.6 is 7.82 Å². The maximum atomic E-state index is 10.3. The molecule has 0 aromatic rings. The van der Waals surface area contributed by atoms with E-state index in [1.54, 1.807) is 0 Å². The Balaban J connectivity index is 0. The molecule has 0 fully saturated rings. The SMILES string of the molecule is CCCCCCCCCCCCOP(=O)([O-])O.[NH4+]. The Kier molecular flexibility index (Phi) is 15.3. The van der Waals surface area contributed by atoms with E-state index >= 15 is 0 Å². The molecule has 0 saturated heterocycles. The Morgan fingerprint density at radius 1 is 0.944 bits per heavy atom. The van der Waals surface area contributed by atoms with Crippen LogP contribution in [0.3, 0.4) is 0 Å². The molecule has 0 aliphatic carbocycles. The third-order valence-electron chi connectivity index (χ3n) is 2.75. The van der Waals surface area contributed by atoms with Gasteiger partial charge in [0.05, 0.1) is 6.61 Å². The van der Waals surface area contributed by atoms with Gasteiger partial charge in [0.15, 0.2) is 0 Å². The minimum absolute atomic E-state index is 0. The van der Waals surface area contributed by atoms with Crippen LogP contribution in [0.1, 0.15) is 71.1 Å². The molecular formula is C12H30NO4P. The zero-order valence-corrected chi connectivity index (χ0v) is 12.8. The number of rotatable bonds is 12. The topological polar surface area (TPSA) is 106 Å². The van der Waals surface area contributed by atoms with E-state index in [1.807, 2.05) is 0 Å². The van der Waals surface area contributed by atoms with Gasteiger partial charge in [-0.25, -0.2) is 0 Å². The van der Waals surface area contributed by atoms with E-state index in [2.05, 4.69) is 11.4 Å². The lowest BCUT2D eigenvalue weighted by atomic mass is 10.1. The molecule has 0 aliphatic rings. The minimum Gasteiger partial charge on any atom is -0.756 e. The molecule has 0 saturated carbocycles. The average molecular weight is 283 g/mol. The first kappa shape index (κ1) is 20.4. The molecule has 0 rings (SSSR count). The molecule has 0 amide bonds. The largest absolute Gasteiger partial charge is 0.756 e. The summed E-state index contributed by atoms with van der Waals surface area (Å²) in [4.78, 5) is 18.6. The first-order valence-electron chi connectivity index (χ1n) is 6.74. The quantitative estimate of drug-likeness (QED) is 0.420. The summed E-state index contributed by atoms with van der Waals surface area (Å²) in [7, 11) is -4.49. The molecule has 0 heterocycles. The third kappa shape index (κ3) is 18.4. The van der Waals surface area contributed by atoms with E-state index in [0.29, 0.717) is 6.42 Å². The van der Waals surface area contributed by atoms with Crippen LogP contribution in [0.25, 0.3) is 0 Å². The summed E-state index contributed by atoms with van der Waals surface area (Å²) in [6.45, 7) is 2.32. The van der Waals surface area contributed by atoms with Crippen LogP contribution < -0.4 is 11.0 Å². The number of phosphoric ester groups is 1. The van der Waals surface area contributed by atoms with Crippen molar-refractivity contribution in [3.05, 3.63) is 0 Å². The predicted molar refractivity (Wildman–Crippen MR) is 73.6 cm³/mol. The van der Waals surface area contributed by atoms with Crippen molar-refractivity contribution in [3.8, 4) is 0 Å². The zero-order valence-electron chi connectivity index (χ0n) is 11.9. The van der Waals surface area contributed by atoms with Crippen LogP contribution in [0.15, 0.2) is 0 Å². The molecular weight excluding hydrogens is 253 g/mol. The summed E-state index contributed by atoms with van der Waals surface area (Å²) in [5, 5.41) is 0. The maximum Gasteiger partial charge on any atom is 0.265 e. The van der Waals surface area contributed by atoms with Crippen molar-refractivity contribution in [2.24, 2.45) is 0 Å². The second-order valence-corrected chi connectivity index (χ2v) is 5.68. The first-order chi connectivity index (χ1) is 8.06. The Bertz CT molecular complexity index is 208. The summed E-state index contributed by atoms with van der Waals surface area (Å²) in [6.07, 6.45) is 11.9. The Labute approximate surface area is 111 Å². The Hall–Kier alpha value is 0.0700. The van der Waals surface area contributed by atoms with E-state index in [-0.39, 0.29) is 12.8 Å².